The van der Waals surface area contributed by atoms with Gasteiger partial charge in [-0.3, -0.25) is 14.2 Å². The van der Waals surface area contributed by atoms with Gasteiger partial charge in [-0.1, -0.05) is 11.6 Å². The lowest BCUT2D eigenvalue weighted by Gasteiger charge is -2.24. The Kier molecular flexibility index (Phi) is 9.27. The van der Waals surface area contributed by atoms with Gasteiger partial charge in [-0.15, -0.1) is 5.11 Å². The van der Waals surface area contributed by atoms with E-state index in [1.165, 1.54) is 23.0 Å². The molecule has 1 aliphatic rings. The highest BCUT2D eigenvalue weighted by Crippen LogP contribution is 2.39. The fraction of sp³-hybridized carbons (Fsp3) is 0.292. The van der Waals surface area contributed by atoms with Crippen molar-refractivity contribution < 1.29 is 23.4 Å². The number of rotatable bonds is 7. The molecule has 0 amide bonds. The van der Waals surface area contributed by atoms with E-state index in [2.05, 4.69) is 20.4 Å². The Morgan fingerprint density at radius 1 is 1.38 bits per heavy atom. The molecule has 2 bridgehead atoms. The van der Waals surface area contributed by atoms with E-state index in [1.807, 2.05) is 0 Å². The van der Waals surface area contributed by atoms with Gasteiger partial charge in [0.25, 0.3) is 0 Å². The van der Waals surface area contributed by atoms with Gasteiger partial charge in [-0.2, -0.15) is 5.10 Å². The Bertz CT molecular complexity index is 1470. The van der Waals surface area contributed by atoms with E-state index >= 15 is 0 Å². The zero-order chi connectivity index (χ0) is 29.2. The van der Waals surface area contributed by atoms with E-state index in [-0.39, 0.29) is 36.4 Å². The number of allylic oxidation sites excluding steroid dienone is 1. The van der Waals surface area contributed by atoms with E-state index in [1.54, 1.807) is 32.3 Å². The molecule has 0 saturated carbocycles. The molecule has 6 radical (unpaired) electrons. The van der Waals surface area contributed by atoms with Gasteiger partial charge >= 0.3 is 8.60 Å². The van der Waals surface area contributed by atoms with Crippen molar-refractivity contribution in [2.45, 2.75) is 31.1 Å². The van der Waals surface area contributed by atoms with Crippen LogP contribution >= 0.6 is 20.2 Å². The Balaban J connectivity index is 2.00. The molecule has 5 N–H and O–H groups in total. The summed E-state index contributed by atoms with van der Waals surface area (Å²) in [6.45, 7) is 1.36. The fourth-order valence-corrected chi connectivity index (χ4v) is 4.80. The van der Waals surface area contributed by atoms with Crippen molar-refractivity contribution in [2.75, 3.05) is 19.1 Å². The molecule has 4 rings (SSSR count). The van der Waals surface area contributed by atoms with Crippen LogP contribution < -0.4 is 15.8 Å². The third-order valence-electron chi connectivity index (χ3n) is 6.01. The summed E-state index contributed by atoms with van der Waals surface area (Å²) in [5.41, 5.74) is 10.2. The van der Waals surface area contributed by atoms with E-state index < -0.39 is 25.6 Å². The molecule has 1 atom stereocenters. The summed E-state index contributed by atoms with van der Waals surface area (Å²) in [6, 6.07) is 5.89. The lowest BCUT2D eigenvalue weighted by atomic mass is 9.43. The van der Waals surface area contributed by atoms with Gasteiger partial charge in [0.15, 0.2) is 16.7 Å². The number of halogens is 2. The molecule has 16 heteroatoms. The van der Waals surface area contributed by atoms with E-state index in [9.17, 15) is 4.39 Å². The summed E-state index contributed by atoms with van der Waals surface area (Å²) >= 11 is 6.64. The van der Waals surface area contributed by atoms with Gasteiger partial charge in [-0.05, 0) is 36.8 Å². The van der Waals surface area contributed by atoms with Crippen molar-refractivity contribution in [1.82, 2.24) is 14.8 Å². The van der Waals surface area contributed by atoms with Crippen molar-refractivity contribution in [1.29, 1.82) is 0 Å². The van der Waals surface area contributed by atoms with Crippen LogP contribution in [0.4, 0.5) is 10.2 Å². The molecule has 0 aliphatic carbocycles. The number of ether oxygens (including phenoxy) is 1. The monoisotopic (exact) mass is 578 g/mol. The molecular weight excluding hydrogens is 554 g/mol. The quantitative estimate of drug-likeness (QED) is 0.145. The maximum atomic E-state index is 14.4. The van der Waals surface area contributed by atoms with Gasteiger partial charge in [0.1, 0.15) is 18.7 Å². The highest BCUT2D eigenvalue weighted by atomic mass is 35.5. The normalized spacial score (nSPS) is 17.6. The first kappa shape index (κ1) is 30.1. The Morgan fingerprint density at radius 2 is 2.12 bits per heavy atom. The van der Waals surface area contributed by atoms with Gasteiger partial charge in [-0.25, -0.2) is 9.37 Å². The predicted molar refractivity (Wildman–Crippen MR) is 156 cm³/mol. The van der Waals surface area contributed by atoms with Crippen LogP contribution in [0.5, 0.6) is 5.75 Å². The second kappa shape index (κ2) is 12.3. The minimum absolute atomic E-state index is 0.0997. The van der Waals surface area contributed by atoms with Crippen LogP contribution in [0.25, 0.3) is 17.0 Å². The molecule has 0 unspecified atom stereocenters. The number of nitrogens with zero attached hydrogens (tertiary/aromatic N) is 4. The number of fused-ring (bicyclic) bond motifs is 5. The van der Waals surface area contributed by atoms with Crippen LogP contribution in [0.3, 0.4) is 0 Å². The number of nitrogens with one attached hydrogen (secondary N) is 1. The van der Waals surface area contributed by atoms with Crippen LogP contribution in [0, 0.1) is 5.82 Å². The van der Waals surface area contributed by atoms with Crippen molar-refractivity contribution in [3.05, 3.63) is 63.7 Å². The number of hydrogen-bond acceptors (Lipinski definition) is 9. The first-order valence-electron chi connectivity index (χ1n) is 11.9. The van der Waals surface area contributed by atoms with E-state index in [4.69, 9.17) is 59.9 Å². The Morgan fingerprint density at radius 3 is 2.80 bits per heavy atom. The van der Waals surface area contributed by atoms with E-state index in [0.717, 1.165) is 0 Å². The van der Waals surface area contributed by atoms with Crippen molar-refractivity contribution in [3.8, 4) is 17.0 Å². The molecule has 3 heterocycles. The number of anilines is 1. The average Bonchev–Trinajstić information content (AvgIpc) is 3.15. The molecule has 3 aromatic rings. The maximum absolute atomic E-state index is 14.4. The molecule has 0 saturated heterocycles. The molecule has 1 aromatic carbocycles. The summed E-state index contributed by atoms with van der Waals surface area (Å²) in [6.07, 6.45) is 2.60. The number of aromatic nitrogens is 3. The lowest BCUT2D eigenvalue weighted by molar-refractivity contribution is 0.225. The lowest BCUT2D eigenvalue weighted by Crippen LogP contribution is -2.22. The van der Waals surface area contributed by atoms with E-state index in [0.29, 0.717) is 39.2 Å². The number of pyridine rings is 1. The SMILES string of the molecule is [B]C([B])([B])Cn1nc(Cl)c2c1-c1cnc(NCOP(O)O)c(c1)O[C@H](C)c1cc(F)ccc1/C(N)=C(/C=NC)C2. The molecule has 10 nitrogen and oxygen atoms in total. The smallest absolute Gasteiger partial charge is 0.328 e. The minimum Gasteiger partial charge on any atom is -0.482 e. The van der Waals surface area contributed by atoms with Gasteiger partial charge in [0, 0.05) is 60.4 Å². The van der Waals surface area contributed by atoms with Crippen molar-refractivity contribution in [3.63, 3.8) is 0 Å². The standard InChI is InChI=1S/C24H24B3ClFN6O4P/c1-12-17-7-15(29)3-4-16(17)20(30)13(8-31-2)5-18-21(35(34-22(18)28)10-24(25,26)27)14-6-19(39-12)23(32-9-14)33-11-38-40(36)37/h3-4,6-9,12,36-37H,5,10-11,30H2,1-2H3,(H,32,33)/b20-13-,31-8?/t12-/m1/s1. The molecule has 0 fully saturated rings. The molecule has 202 valence electrons. The zero-order valence-corrected chi connectivity index (χ0v) is 23.3. The van der Waals surface area contributed by atoms with Crippen LogP contribution in [-0.4, -0.2) is 68.1 Å². The number of benzene rings is 1. The summed E-state index contributed by atoms with van der Waals surface area (Å²) in [4.78, 5) is 26.9. The molecule has 2 aromatic heterocycles. The maximum Gasteiger partial charge on any atom is 0.328 e. The number of nitrogens with two attached hydrogens (primary N) is 1. The highest BCUT2D eigenvalue weighted by Gasteiger charge is 2.26. The fourth-order valence-electron chi connectivity index (χ4n) is 4.38. The predicted octanol–water partition coefficient (Wildman–Crippen LogP) is 2.98. The van der Waals surface area contributed by atoms with Crippen molar-refractivity contribution >= 4 is 61.5 Å². The first-order valence-corrected chi connectivity index (χ1v) is 13.5. The highest BCUT2D eigenvalue weighted by molar-refractivity contribution is 7.39. The van der Waals surface area contributed by atoms with Gasteiger partial charge < -0.3 is 25.6 Å². The van der Waals surface area contributed by atoms with Crippen LogP contribution in [0.1, 0.15) is 29.7 Å². The van der Waals surface area contributed by atoms with Crippen molar-refractivity contribution in [2.24, 2.45) is 10.7 Å². The Labute approximate surface area is 241 Å². The third-order valence-corrected chi connectivity index (χ3v) is 6.68. The van der Waals surface area contributed by atoms with Gasteiger partial charge in [0.2, 0.25) is 0 Å². The zero-order valence-electron chi connectivity index (χ0n) is 21.7. The Hall–Kier alpha value is -2.89. The van der Waals surface area contributed by atoms with Crippen LogP contribution in [0.2, 0.25) is 10.3 Å². The summed E-state index contributed by atoms with van der Waals surface area (Å²) in [5.74, 6) is -0.0238. The summed E-state index contributed by atoms with van der Waals surface area (Å²) < 4.78 is 27.0. The molecule has 1 aliphatic heterocycles. The third kappa shape index (κ3) is 6.87. The van der Waals surface area contributed by atoms with Crippen LogP contribution in [0.15, 0.2) is 41.0 Å². The second-order valence-electron chi connectivity index (χ2n) is 9.16. The minimum atomic E-state index is -2.60. The average molecular weight is 578 g/mol. The largest absolute Gasteiger partial charge is 0.482 e. The molecule has 40 heavy (non-hydrogen) atoms. The molecular formula is C24H24B3ClFN6O4P. The second-order valence-corrected chi connectivity index (χ2v) is 10.3. The summed E-state index contributed by atoms with van der Waals surface area (Å²) in [5, 5.41) is 5.80. The van der Waals surface area contributed by atoms with Crippen LogP contribution in [-0.2, 0) is 17.5 Å². The topological polar surface area (TPSA) is 140 Å². The summed E-state index contributed by atoms with van der Waals surface area (Å²) in [7, 11) is 16.7. The number of hydrogen-bond donors (Lipinski definition) is 4. The molecule has 0 spiro atoms. The van der Waals surface area contributed by atoms with Gasteiger partial charge in [0.05, 0.1) is 29.2 Å². The first-order chi connectivity index (χ1) is 18.9. The number of aliphatic imine (C=N–C) groups is 1.